The van der Waals surface area contributed by atoms with Crippen molar-refractivity contribution in [2.75, 3.05) is 6.54 Å². The van der Waals surface area contributed by atoms with Crippen molar-refractivity contribution >= 4 is 5.91 Å². The van der Waals surface area contributed by atoms with E-state index < -0.39 is 0 Å². The Morgan fingerprint density at radius 3 is 2.83 bits per heavy atom. The molecular weight excluding hydrogens is 228 g/mol. The number of aromatic nitrogens is 3. The second-order valence-corrected chi connectivity index (χ2v) is 5.40. The lowest BCUT2D eigenvalue weighted by Crippen LogP contribution is -2.38. The molecule has 1 atom stereocenters. The van der Waals surface area contributed by atoms with E-state index in [4.69, 9.17) is 0 Å². The fourth-order valence-corrected chi connectivity index (χ4v) is 2.33. The van der Waals surface area contributed by atoms with E-state index in [-0.39, 0.29) is 11.8 Å². The van der Waals surface area contributed by atoms with Gasteiger partial charge >= 0.3 is 0 Å². The summed E-state index contributed by atoms with van der Waals surface area (Å²) in [5.74, 6) is 1.32. The molecule has 0 spiro atoms. The monoisotopic (exact) mass is 250 g/mol. The van der Waals surface area contributed by atoms with Crippen LogP contribution in [0, 0.1) is 0 Å². The first-order chi connectivity index (χ1) is 8.59. The molecule has 1 saturated heterocycles. The maximum absolute atomic E-state index is 12.4. The van der Waals surface area contributed by atoms with Crippen molar-refractivity contribution in [3.8, 4) is 0 Å². The van der Waals surface area contributed by atoms with Crippen LogP contribution < -0.4 is 0 Å². The Kier molecular flexibility index (Phi) is 3.99. The van der Waals surface area contributed by atoms with E-state index in [1.54, 1.807) is 0 Å². The summed E-state index contributed by atoms with van der Waals surface area (Å²) < 4.78 is 0. The van der Waals surface area contributed by atoms with E-state index >= 15 is 0 Å². The summed E-state index contributed by atoms with van der Waals surface area (Å²) in [5.41, 5.74) is 0. The van der Waals surface area contributed by atoms with Gasteiger partial charge in [-0.25, -0.2) is 4.98 Å². The number of amides is 1. The predicted molar refractivity (Wildman–Crippen MR) is 69.4 cm³/mol. The number of nitrogens with zero attached hydrogens (tertiary/aromatic N) is 3. The summed E-state index contributed by atoms with van der Waals surface area (Å²) in [6.45, 7) is 7.00. The predicted octanol–water partition coefficient (Wildman–Crippen LogP) is 2.33. The summed E-state index contributed by atoms with van der Waals surface area (Å²) in [6.07, 6.45) is 4.57. The first kappa shape index (κ1) is 13.1. The molecule has 0 radical (unpaired) electrons. The number of nitrogens with one attached hydrogen (secondary N) is 1. The van der Waals surface area contributed by atoms with E-state index in [0.29, 0.717) is 11.9 Å². The molecular formula is C13H22N4O. The number of H-pyrrole nitrogens is 1. The van der Waals surface area contributed by atoms with E-state index in [1.807, 2.05) is 18.7 Å². The number of carbonyl (C=O) groups is 1. The summed E-state index contributed by atoms with van der Waals surface area (Å²) >= 11 is 0. The highest BCUT2D eigenvalue weighted by Crippen LogP contribution is 2.18. The Balaban J connectivity index is 2.13. The Morgan fingerprint density at radius 2 is 2.17 bits per heavy atom. The van der Waals surface area contributed by atoms with Gasteiger partial charge in [-0.2, -0.15) is 0 Å². The Morgan fingerprint density at radius 1 is 1.39 bits per heavy atom. The van der Waals surface area contributed by atoms with Gasteiger partial charge in [-0.05, 0) is 19.8 Å². The molecule has 2 rings (SSSR count). The molecule has 100 valence electrons. The van der Waals surface area contributed by atoms with Gasteiger partial charge in [0.25, 0.3) is 5.91 Å². The normalized spacial score (nSPS) is 21.1. The summed E-state index contributed by atoms with van der Waals surface area (Å²) in [6, 6.07) is 0.293. The molecule has 5 heteroatoms. The molecule has 1 fully saturated rings. The minimum absolute atomic E-state index is 0.0347. The minimum Gasteiger partial charge on any atom is -0.333 e. The molecule has 1 unspecified atom stereocenters. The average Bonchev–Trinajstić information content (AvgIpc) is 2.73. The van der Waals surface area contributed by atoms with Gasteiger partial charge in [0.15, 0.2) is 0 Å². The lowest BCUT2D eigenvalue weighted by molar-refractivity contribution is 0.0685. The SMILES string of the molecule is CC(C)c1nc(C(=O)N2CCCCCC2C)n[nH]1. The van der Waals surface area contributed by atoms with Gasteiger partial charge in [0.1, 0.15) is 5.82 Å². The first-order valence-corrected chi connectivity index (χ1v) is 6.83. The lowest BCUT2D eigenvalue weighted by atomic mass is 10.1. The van der Waals surface area contributed by atoms with Crippen LogP contribution in [0.2, 0.25) is 0 Å². The van der Waals surface area contributed by atoms with Crippen molar-refractivity contribution in [1.82, 2.24) is 20.1 Å². The number of rotatable bonds is 2. The molecule has 0 aromatic carbocycles. The Hall–Kier alpha value is -1.39. The zero-order valence-electron chi connectivity index (χ0n) is 11.4. The Bertz CT molecular complexity index is 413. The third kappa shape index (κ3) is 2.71. The topological polar surface area (TPSA) is 61.9 Å². The van der Waals surface area contributed by atoms with Crippen LogP contribution in [-0.2, 0) is 0 Å². The maximum Gasteiger partial charge on any atom is 0.293 e. The molecule has 0 aliphatic carbocycles. The van der Waals surface area contributed by atoms with Crippen molar-refractivity contribution in [2.24, 2.45) is 0 Å². The van der Waals surface area contributed by atoms with Crippen molar-refractivity contribution in [2.45, 2.75) is 58.4 Å². The molecule has 2 heterocycles. The molecule has 1 amide bonds. The molecule has 1 N–H and O–H groups in total. The number of likely N-dealkylation sites (tertiary alicyclic amines) is 1. The second-order valence-electron chi connectivity index (χ2n) is 5.40. The number of carbonyl (C=O) groups excluding carboxylic acids is 1. The molecule has 5 nitrogen and oxygen atoms in total. The maximum atomic E-state index is 12.4. The minimum atomic E-state index is -0.0347. The van der Waals surface area contributed by atoms with Crippen LogP contribution in [0.5, 0.6) is 0 Å². The zero-order chi connectivity index (χ0) is 13.1. The highest BCUT2D eigenvalue weighted by atomic mass is 16.2. The average molecular weight is 250 g/mol. The van der Waals surface area contributed by atoms with Gasteiger partial charge in [0.2, 0.25) is 5.82 Å². The molecule has 18 heavy (non-hydrogen) atoms. The van der Waals surface area contributed by atoms with Crippen LogP contribution in [0.25, 0.3) is 0 Å². The molecule has 1 aliphatic heterocycles. The third-order valence-electron chi connectivity index (χ3n) is 3.55. The highest BCUT2D eigenvalue weighted by Gasteiger charge is 2.26. The lowest BCUT2D eigenvalue weighted by Gasteiger charge is -2.25. The van der Waals surface area contributed by atoms with Crippen LogP contribution in [0.3, 0.4) is 0 Å². The van der Waals surface area contributed by atoms with Crippen LogP contribution in [0.15, 0.2) is 0 Å². The van der Waals surface area contributed by atoms with Gasteiger partial charge in [0, 0.05) is 18.5 Å². The van der Waals surface area contributed by atoms with Crippen molar-refractivity contribution in [1.29, 1.82) is 0 Å². The zero-order valence-corrected chi connectivity index (χ0v) is 11.4. The molecule has 1 aliphatic rings. The van der Waals surface area contributed by atoms with Crippen LogP contribution in [0.4, 0.5) is 0 Å². The van der Waals surface area contributed by atoms with E-state index in [0.717, 1.165) is 25.2 Å². The smallest absolute Gasteiger partial charge is 0.293 e. The van der Waals surface area contributed by atoms with E-state index in [2.05, 4.69) is 22.1 Å². The van der Waals surface area contributed by atoms with Crippen molar-refractivity contribution in [3.05, 3.63) is 11.6 Å². The first-order valence-electron chi connectivity index (χ1n) is 6.83. The van der Waals surface area contributed by atoms with E-state index in [1.165, 1.54) is 12.8 Å². The standard InChI is InChI=1S/C13H22N4O/c1-9(2)11-14-12(16-15-11)13(18)17-8-6-4-5-7-10(17)3/h9-10H,4-8H2,1-3H3,(H,14,15,16). The largest absolute Gasteiger partial charge is 0.333 e. The summed E-state index contributed by atoms with van der Waals surface area (Å²) in [7, 11) is 0. The van der Waals surface area contributed by atoms with Crippen molar-refractivity contribution in [3.63, 3.8) is 0 Å². The summed E-state index contributed by atoms with van der Waals surface area (Å²) in [4.78, 5) is 18.6. The summed E-state index contributed by atoms with van der Waals surface area (Å²) in [5, 5.41) is 6.90. The van der Waals surface area contributed by atoms with Gasteiger partial charge in [-0.3, -0.25) is 9.89 Å². The quantitative estimate of drug-likeness (QED) is 0.876. The third-order valence-corrected chi connectivity index (χ3v) is 3.55. The number of hydrogen-bond donors (Lipinski definition) is 1. The number of hydrogen-bond acceptors (Lipinski definition) is 3. The van der Waals surface area contributed by atoms with Gasteiger partial charge in [-0.1, -0.05) is 26.7 Å². The van der Waals surface area contributed by atoms with Crippen LogP contribution >= 0.6 is 0 Å². The molecule has 1 aromatic heterocycles. The van der Waals surface area contributed by atoms with Crippen molar-refractivity contribution < 1.29 is 4.79 Å². The Labute approximate surface area is 108 Å². The van der Waals surface area contributed by atoms with Gasteiger partial charge in [0.05, 0.1) is 0 Å². The number of aromatic amines is 1. The highest BCUT2D eigenvalue weighted by molar-refractivity contribution is 5.90. The fraction of sp³-hybridized carbons (Fsp3) is 0.769. The molecule has 0 bridgehead atoms. The second kappa shape index (κ2) is 5.50. The van der Waals surface area contributed by atoms with E-state index in [9.17, 15) is 4.79 Å². The van der Waals surface area contributed by atoms with Crippen LogP contribution in [-0.4, -0.2) is 38.6 Å². The fourth-order valence-electron chi connectivity index (χ4n) is 2.33. The van der Waals surface area contributed by atoms with Gasteiger partial charge < -0.3 is 4.90 Å². The molecule has 0 saturated carbocycles. The molecule has 1 aromatic rings. The van der Waals surface area contributed by atoms with Gasteiger partial charge in [-0.15, -0.1) is 5.10 Å². The van der Waals surface area contributed by atoms with Crippen LogP contribution in [0.1, 0.15) is 68.8 Å².